The van der Waals surface area contributed by atoms with Crippen LogP contribution in [-0.4, -0.2) is 13.7 Å². The molecule has 0 bridgehead atoms. The molecule has 0 aliphatic carbocycles. The molecule has 2 nitrogen and oxygen atoms in total. The zero-order chi connectivity index (χ0) is 15.4. The molecule has 5 heteroatoms. The molecular formula is C16H16BrClFNO. The fourth-order valence-corrected chi connectivity index (χ4v) is 3.31. The molecule has 0 fully saturated rings. The van der Waals surface area contributed by atoms with Gasteiger partial charge in [-0.2, -0.15) is 0 Å². The van der Waals surface area contributed by atoms with Gasteiger partial charge in [0.25, 0.3) is 0 Å². The van der Waals surface area contributed by atoms with E-state index in [-0.39, 0.29) is 11.9 Å². The Morgan fingerprint density at radius 1 is 1.29 bits per heavy atom. The van der Waals surface area contributed by atoms with Crippen LogP contribution in [0.5, 0.6) is 5.75 Å². The first-order valence-corrected chi connectivity index (χ1v) is 7.76. The monoisotopic (exact) mass is 371 g/mol. The molecule has 1 N–H and O–H groups in total. The summed E-state index contributed by atoms with van der Waals surface area (Å²) in [5, 5.41) is 3.85. The second-order valence-corrected chi connectivity index (χ2v) is 5.81. The van der Waals surface area contributed by atoms with Crippen LogP contribution in [0.1, 0.15) is 24.1 Å². The zero-order valence-corrected chi connectivity index (χ0v) is 14.1. The van der Waals surface area contributed by atoms with E-state index >= 15 is 0 Å². The van der Waals surface area contributed by atoms with E-state index in [1.165, 1.54) is 6.07 Å². The van der Waals surface area contributed by atoms with E-state index in [1.807, 2.05) is 13.0 Å². The number of ether oxygens (including phenoxy) is 1. The molecular weight excluding hydrogens is 357 g/mol. The van der Waals surface area contributed by atoms with Crippen LogP contribution in [0.15, 0.2) is 40.9 Å². The molecule has 2 aromatic carbocycles. The summed E-state index contributed by atoms with van der Waals surface area (Å²) in [5.74, 6) is 0.384. The predicted octanol–water partition coefficient (Wildman–Crippen LogP) is 4.95. The summed E-state index contributed by atoms with van der Waals surface area (Å²) in [5.41, 5.74) is 1.36. The van der Waals surface area contributed by atoms with Crippen molar-refractivity contribution in [3.63, 3.8) is 0 Å². The van der Waals surface area contributed by atoms with Crippen molar-refractivity contribution >= 4 is 27.5 Å². The molecule has 0 aliphatic heterocycles. The van der Waals surface area contributed by atoms with Crippen molar-refractivity contribution < 1.29 is 9.13 Å². The van der Waals surface area contributed by atoms with Crippen LogP contribution in [-0.2, 0) is 0 Å². The van der Waals surface area contributed by atoms with E-state index in [2.05, 4.69) is 21.2 Å². The molecule has 0 amide bonds. The van der Waals surface area contributed by atoms with E-state index < -0.39 is 0 Å². The summed E-state index contributed by atoms with van der Waals surface area (Å²) in [4.78, 5) is 0. The maximum Gasteiger partial charge on any atom is 0.138 e. The van der Waals surface area contributed by atoms with Crippen LogP contribution in [0, 0.1) is 5.82 Å². The molecule has 0 saturated heterocycles. The van der Waals surface area contributed by atoms with Gasteiger partial charge in [-0.3, -0.25) is 0 Å². The minimum atomic E-state index is -0.332. The number of halogens is 3. The average molecular weight is 373 g/mol. The third kappa shape index (κ3) is 3.57. The van der Waals surface area contributed by atoms with Gasteiger partial charge in [-0.15, -0.1) is 0 Å². The van der Waals surface area contributed by atoms with Crippen LogP contribution in [0.25, 0.3) is 0 Å². The third-order valence-electron chi connectivity index (χ3n) is 3.18. The zero-order valence-electron chi connectivity index (χ0n) is 11.8. The van der Waals surface area contributed by atoms with Gasteiger partial charge in [-0.25, -0.2) is 4.39 Å². The number of nitrogens with one attached hydrogen (secondary N) is 1. The lowest BCUT2D eigenvalue weighted by atomic mass is 9.97. The van der Waals surface area contributed by atoms with E-state index in [9.17, 15) is 4.39 Å². The molecule has 0 heterocycles. The number of rotatable bonds is 5. The maximum atomic E-state index is 14.2. The molecule has 0 aliphatic rings. The molecule has 0 saturated carbocycles. The van der Waals surface area contributed by atoms with Gasteiger partial charge in [0.15, 0.2) is 0 Å². The Labute approximate surface area is 137 Å². The molecule has 1 unspecified atom stereocenters. The van der Waals surface area contributed by atoms with Crippen molar-refractivity contribution in [1.29, 1.82) is 0 Å². The van der Waals surface area contributed by atoms with Gasteiger partial charge in [0.1, 0.15) is 11.6 Å². The van der Waals surface area contributed by atoms with Gasteiger partial charge in [0.2, 0.25) is 0 Å². The molecule has 2 aromatic rings. The van der Waals surface area contributed by atoms with Crippen LogP contribution < -0.4 is 10.1 Å². The lowest BCUT2D eigenvalue weighted by Gasteiger charge is -2.22. The highest BCUT2D eigenvalue weighted by atomic mass is 79.9. The smallest absolute Gasteiger partial charge is 0.138 e. The molecule has 0 radical (unpaired) electrons. The molecule has 1 atom stereocenters. The van der Waals surface area contributed by atoms with Gasteiger partial charge >= 0.3 is 0 Å². The van der Waals surface area contributed by atoms with Crippen molar-refractivity contribution in [1.82, 2.24) is 5.32 Å². The van der Waals surface area contributed by atoms with E-state index in [1.54, 1.807) is 31.4 Å². The van der Waals surface area contributed by atoms with Crippen molar-refractivity contribution in [3.05, 3.63) is 62.8 Å². The summed E-state index contributed by atoms with van der Waals surface area (Å²) in [6.45, 7) is 2.66. The molecule has 21 heavy (non-hydrogen) atoms. The summed E-state index contributed by atoms with van der Waals surface area (Å²) >= 11 is 9.58. The third-order valence-corrected chi connectivity index (χ3v) is 3.98. The quantitative estimate of drug-likeness (QED) is 0.802. The van der Waals surface area contributed by atoms with Crippen molar-refractivity contribution in [2.75, 3.05) is 13.7 Å². The topological polar surface area (TPSA) is 21.3 Å². The van der Waals surface area contributed by atoms with Crippen molar-refractivity contribution in [2.24, 2.45) is 0 Å². The lowest BCUT2D eigenvalue weighted by Crippen LogP contribution is -2.23. The van der Waals surface area contributed by atoms with Gasteiger partial charge in [-0.1, -0.05) is 36.7 Å². The van der Waals surface area contributed by atoms with Crippen LogP contribution in [0.3, 0.4) is 0 Å². The van der Waals surface area contributed by atoms with Gasteiger partial charge in [0.05, 0.1) is 17.6 Å². The summed E-state index contributed by atoms with van der Waals surface area (Å²) in [6.07, 6.45) is 0. The minimum absolute atomic E-state index is 0.262. The Balaban J connectivity index is 2.61. The highest BCUT2D eigenvalue weighted by Crippen LogP contribution is 2.38. The predicted molar refractivity (Wildman–Crippen MR) is 87.6 cm³/mol. The van der Waals surface area contributed by atoms with Crippen LogP contribution in [0.4, 0.5) is 4.39 Å². The SMILES string of the molecule is CCNC(c1ccccc1F)c1cc(Cl)cc(Br)c1OC. The minimum Gasteiger partial charge on any atom is -0.495 e. The van der Waals surface area contributed by atoms with Gasteiger partial charge < -0.3 is 10.1 Å². The molecule has 2 rings (SSSR count). The Morgan fingerprint density at radius 2 is 2.00 bits per heavy atom. The Morgan fingerprint density at radius 3 is 2.62 bits per heavy atom. The second-order valence-electron chi connectivity index (χ2n) is 4.52. The Kier molecular flexibility index (Phi) is 5.62. The fraction of sp³-hybridized carbons (Fsp3) is 0.250. The molecule has 112 valence electrons. The first-order valence-electron chi connectivity index (χ1n) is 6.59. The largest absolute Gasteiger partial charge is 0.495 e. The summed E-state index contributed by atoms with van der Waals surface area (Å²) in [6, 6.07) is 9.92. The van der Waals surface area contributed by atoms with Crippen LogP contribution in [0.2, 0.25) is 5.02 Å². The first kappa shape index (κ1) is 16.3. The first-order chi connectivity index (χ1) is 10.1. The Hall–Kier alpha value is -1.10. The van der Waals surface area contributed by atoms with Crippen molar-refractivity contribution in [3.8, 4) is 5.75 Å². The van der Waals surface area contributed by atoms with E-state index in [4.69, 9.17) is 16.3 Å². The number of methoxy groups -OCH3 is 1. The van der Waals surface area contributed by atoms with E-state index in [0.717, 1.165) is 10.0 Å². The van der Waals surface area contributed by atoms with Gasteiger partial charge in [-0.05, 0) is 40.7 Å². The normalized spacial score (nSPS) is 12.2. The maximum absolute atomic E-state index is 14.2. The van der Waals surface area contributed by atoms with E-state index in [0.29, 0.717) is 22.9 Å². The number of hydrogen-bond acceptors (Lipinski definition) is 2. The molecule has 0 spiro atoms. The van der Waals surface area contributed by atoms with Crippen LogP contribution >= 0.6 is 27.5 Å². The average Bonchev–Trinajstić information content (AvgIpc) is 2.45. The Bertz CT molecular complexity index is 636. The van der Waals surface area contributed by atoms with Crippen molar-refractivity contribution in [2.45, 2.75) is 13.0 Å². The summed E-state index contributed by atoms with van der Waals surface area (Å²) in [7, 11) is 1.59. The molecule has 0 aromatic heterocycles. The van der Waals surface area contributed by atoms with Gasteiger partial charge in [0, 0.05) is 16.1 Å². The standard InChI is InChI=1S/C16H16BrClFNO/c1-3-20-15(11-6-4-5-7-14(11)19)12-8-10(18)9-13(17)16(12)21-2/h4-9,15,20H,3H2,1-2H3. The number of hydrogen-bond donors (Lipinski definition) is 1. The second kappa shape index (κ2) is 7.25. The lowest BCUT2D eigenvalue weighted by molar-refractivity contribution is 0.400. The number of benzene rings is 2. The summed E-state index contributed by atoms with van der Waals surface area (Å²) < 4.78 is 20.4. The highest BCUT2D eigenvalue weighted by molar-refractivity contribution is 9.10. The fourth-order valence-electron chi connectivity index (χ4n) is 2.31. The highest BCUT2D eigenvalue weighted by Gasteiger charge is 2.22.